The minimum Gasteiger partial charge on any atom is -0.493 e. The highest BCUT2D eigenvalue weighted by Gasteiger charge is 2.22. The van der Waals surface area contributed by atoms with Gasteiger partial charge in [-0.25, -0.2) is 0 Å². The van der Waals surface area contributed by atoms with Crippen LogP contribution in [0.2, 0.25) is 0 Å². The van der Waals surface area contributed by atoms with Crippen LogP contribution in [0.3, 0.4) is 0 Å². The first-order valence-corrected chi connectivity index (χ1v) is 8.51. The molecule has 0 saturated carbocycles. The van der Waals surface area contributed by atoms with Crippen molar-refractivity contribution in [2.75, 3.05) is 27.3 Å². The Morgan fingerprint density at radius 3 is 2.62 bits per heavy atom. The lowest BCUT2D eigenvalue weighted by atomic mass is 9.87. The minimum absolute atomic E-state index is 0.450. The number of nitrogens with one attached hydrogen (secondary N) is 1. The van der Waals surface area contributed by atoms with Gasteiger partial charge in [0.05, 0.1) is 18.7 Å². The fourth-order valence-electron chi connectivity index (χ4n) is 3.22. The number of hydrogen-bond donors (Lipinski definition) is 1. The maximum Gasteiger partial charge on any atom is 0.175 e. The van der Waals surface area contributed by atoms with Crippen molar-refractivity contribution in [3.63, 3.8) is 0 Å². The Bertz CT molecular complexity index is 482. The summed E-state index contributed by atoms with van der Waals surface area (Å²) in [7, 11) is 3.39. The van der Waals surface area contributed by atoms with Gasteiger partial charge >= 0.3 is 0 Å². The molecule has 1 aromatic carbocycles. The van der Waals surface area contributed by atoms with Crippen LogP contribution in [0.25, 0.3) is 0 Å². The number of piperidine rings is 1. The van der Waals surface area contributed by atoms with Crippen molar-refractivity contribution in [2.45, 2.75) is 39.0 Å². The predicted molar refractivity (Wildman–Crippen MR) is 90.6 cm³/mol. The normalized spacial score (nSPS) is 18.9. The van der Waals surface area contributed by atoms with Crippen LogP contribution in [-0.4, -0.2) is 27.3 Å². The molecule has 1 N–H and O–H groups in total. The summed E-state index contributed by atoms with van der Waals surface area (Å²) >= 11 is 3.73. The van der Waals surface area contributed by atoms with E-state index in [9.17, 15) is 0 Å². The summed E-state index contributed by atoms with van der Waals surface area (Å²) in [5, 5.41) is 3.50. The van der Waals surface area contributed by atoms with Crippen LogP contribution in [0, 0.1) is 5.92 Å². The molecule has 0 amide bonds. The molecular weight excluding hydrogens is 330 g/mol. The summed E-state index contributed by atoms with van der Waals surface area (Å²) in [6.45, 7) is 6.73. The van der Waals surface area contributed by atoms with E-state index in [1.807, 2.05) is 0 Å². The molecule has 2 rings (SSSR count). The van der Waals surface area contributed by atoms with Crippen LogP contribution >= 0.6 is 15.9 Å². The summed E-state index contributed by atoms with van der Waals surface area (Å²) in [5.74, 6) is 2.77. The van der Waals surface area contributed by atoms with Crippen molar-refractivity contribution >= 4 is 15.9 Å². The van der Waals surface area contributed by atoms with Gasteiger partial charge < -0.3 is 14.8 Å². The van der Waals surface area contributed by atoms with Gasteiger partial charge in [-0.15, -0.1) is 0 Å². The monoisotopic (exact) mass is 355 g/mol. The van der Waals surface area contributed by atoms with Gasteiger partial charge in [0.25, 0.3) is 0 Å². The van der Waals surface area contributed by atoms with E-state index in [4.69, 9.17) is 9.47 Å². The molecule has 1 aliphatic rings. The van der Waals surface area contributed by atoms with Gasteiger partial charge in [0.2, 0.25) is 0 Å². The van der Waals surface area contributed by atoms with Gasteiger partial charge in [0.1, 0.15) is 0 Å². The van der Waals surface area contributed by atoms with Crippen molar-refractivity contribution in [3.8, 4) is 11.5 Å². The molecule has 1 saturated heterocycles. The summed E-state index contributed by atoms with van der Waals surface area (Å²) in [6.07, 6.45) is 3.67. The Hall–Kier alpha value is -0.740. The second kappa shape index (κ2) is 7.50. The quantitative estimate of drug-likeness (QED) is 0.861. The maximum absolute atomic E-state index is 5.52. The molecule has 1 unspecified atom stereocenters. The Labute approximate surface area is 136 Å². The van der Waals surface area contributed by atoms with Crippen LogP contribution in [0.1, 0.15) is 43.7 Å². The fourth-order valence-corrected chi connectivity index (χ4v) is 4.29. The van der Waals surface area contributed by atoms with Crippen LogP contribution in [0.5, 0.6) is 11.5 Å². The molecule has 118 valence electrons. The van der Waals surface area contributed by atoms with Gasteiger partial charge in [0.15, 0.2) is 11.5 Å². The maximum atomic E-state index is 5.52. The summed E-state index contributed by atoms with van der Waals surface area (Å²) < 4.78 is 12.1. The number of rotatable bonds is 5. The molecule has 1 atom stereocenters. The zero-order valence-corrected chi connectivity index (χ0v) is 15.0. The van der Waals surface area contributed by atoms with E-state index in [0.29, 0.717) is 11.8 Å². The van der Waals surface area contributed by atoms with Crippen molar-refractivity contribution in [3.05, 3.63) is 21.7 Å². The molecule has 0 aliphatic carbocycles. The van der Waals surface area contributed by atoms with Gasteiger partial charge in [-0.3, -0.25) is 0 Å². The average Bonchev–Trinajstić information content (AvgIpc) is 2.47. The second-order valence-corrected chi connectivity index (χ2v) is 6.86. The first kappa shape index (κ1) is 16.6. The van der Waals surface area contributed by atoms with Gasteiger partial charge in [-0.2, -0.15) is 0 Å². The largest absolute Gasteiger partial charge is 0.493 e. The molecular formula is C17H26BrNO2. The van der Waals surface area contributed by atoms with E-state index >= 15 is 0 Å². The van der Waals surface area contributed by atoms with Crippen LogP contribution in [0.4, 0.5) is 0 Å². The molecule has 1 aliphatic heterocycles. The molecule has 1 aromatic rings. The highest BCUT2D eigenvalue weighted by molar-refractivity contribution is 9.10. The summed E-state index contributed by atoms with van der Waals surface area (Å²) in [6, 6.07) is 2.16. The molecule has 1 heterocycles. The van der Waals surface area contributed by atoms with Crippen molar-refractivity contribution < 1.29 is 9.47 Å². The third-order valence-corrected chi connectivity index (χ3v) is 5.01. The van der Waals surface area contributed by atoms with Crippen LogP contribution in [0.15, 0.2) is 10.5 Å². The van der Waals surface area contributed by atoms with Gasteiger partial charge in [0, 0.05) is 0 Å². The Balaban J connectivity index is 2.39. The first-order chi connectivity index (χ1) is 10.1. The van der Waals surface area contributed by atoms with Crippen LogP contribution < -0.4 is 14.8 Å². The third kappa shape index (κ3) is 3.72. The Morgan fingerprint density at radius 2 is 2.10 bits per heavy atom. The molecule has 0 aromatic heterocycles. The molecule has 0 radical (unpaired) electrons. The minimum atomic E-state index is 0.450. The van der Waals surface area contributed by atoms with E-state index in [0.717, 1.165) is 35.5 Å². The van der Waals surface area contributed by atoms with Crippen molar-refractivity contribution in [2.24, 2.45) is 5.92 Å². The zero-order chi connectivity index (χ0) is 15.4. The number of hydrogen-bond acceptors (Lipinski definition) is 3. The molecule has 0 spiro atoms. The van der Waals surface area contributed by atoms with Crippen LogP contribution in [-0.2, 0) is 6.42 Å². The number of benzene rings is 1. The second-order valence-electron chi connectivity index (χ2n) is 6.07. The third-order valence-electron chi connectivity index (χ3n) is 4.22. The topological polar surface area (TPSA) is 30.5 Å². The standard InChI is InChI=1S/C17H26BrNO2/c1-11(2)15-13(8-12-6-5-7-19-10-12)9-14(20-3)17(21-4)16(15)18/h9,11-12,19H,5-8,10H2,1-4H3. The highest BCUT2D eigenvalue weighted by atomic mass is 79.9. The van der Waals surface area contributed by atoms with Gasteiger partial charge in [-0.1, -0.05) is 13.8 Å². The molecule has 1 fully saturated rings. The molecule has 3 nitrogen and oxygen atoms in total. The Kier molecular flexibility index (Phi) is 5.94. The summed E-state index contributed by atoms with van der Waals surface area (Å²) in [5.41, 5.74) is 2.72. The lowest BCUT2D eigenvalue weighted by molar-refractivity contribution is 0.349. The van der Waals surface area contributed by atoms with E-state index in [-0.39, 0.29) is 0 Å². The molecule has 4 heteroatoms. The number of ether oxygens (including phenoxy) is 2. The van der Waals surface area contributed by atoms with Crippen molar-refractivity contribution in [1.82, 2.24) is 5.32 Å². The lowest BCUT2D eigenvalue weighted by Gasteiger charge is -2.26. The first-order valence-electron chi connectivity index (χ1n) is 7.72. The van der Waals surface area contributed by atoms with E-state index in [1.54, 1.807) is 14.2 Å². The number of methoxy groups -OCH3 is 2. The van der Waals surface area contributed by atoms with Gasteiger partial charge in [-0.05, 0) is 77.3 Å². The van der Waals surface area contributed by atoms with E-state index in [2.05, 4.69) is 41.2 Å². The SMILES string of the molecule is COc1cc(CC2CCCNC2)c(C(C)C)c(Br)c1OC. The lowest BCUT2D eigenvalue weighted by Crippen LogP contribution is -2.31. The Morgan fingerprint density at radius 1 is 1.33 bits per heavy atom. The highest BCUT2D eigenvalue weighted by Crippen LogP contribution is 2.43. The predicted octanol–water partition coefficient (Wildman–Crippen LogP) is 4.13. The molecule has 21 heavy (non-hydrogen) atoms. The average molecular weight is 356 g/mol. The summed E-state index contributed by atoms with van der Waals surface area (Å²) in [4.78, 5) is 0. The zero-order valence-electron chi connectivity index (χ0n) is 13.5. The van der Waals surface area contributed by atoms with E-state index < -0.39 is 0 Å². The molecule has 0 bridgehead atoms. The van der Waals surface area contributed by atoms with Crippen molar-refractivity contribution in [1.29, 1.82) is 0 Å². The fraction of sp³-hybridized carbons (Fsp3) is 0.647. The smallest absolute Gasteiger partial charge is 0.175 e. The van der Waals surface area contributed by atoms with E-state index in [1.165, 1.54) is 24.0 Å². The number of halogens is 1.